The van der Waals surface area contributed by atoms with Crippen LogP contribution in [0.3, 0.4) is 0 Å². The molecule has 13 aromatic rings. The summed E-state index contributed by atoms with van der Waals surface area (Å²) in [6.45, 7) is 6.48. The Morgan fingerprint density at radius 2 is 0.444 bits per heavy atom. The first-order valence-electron chi connectivity index (χ1n) is 30.5. The molecule has 0 unspecified atom stereocenters. The van der Waals surface area contributed by atoms with Crippen molar-refractivity contribution in [3.05, 3.63) is 218 Å². The molecule has 20 bridgehead atoms. The molecule has 7 aromatic carbocycles. The molecule has 6 aromatic heterocycles. The van der Waals surface area contributed by atoms with Gasteiger partial charge in [-0.15, -0.1) is 0 Å². The van der Waals surface area contributed by atoms with Gasteiger partial charge in [-0.05, 0) is 97.1 Å². The van der Waals surface area contributed by atoms with E-state index in [9.17, 15) is 0 Å². The van der Waals surface area contributed by atoms with Crippen LogP contribution in [0.15, 0.2) is 218 Å². The van der Waals surface area contributed by atoms with Crippen LogP contribution in [0.25, 0.3) is 133 Å². The third-order valence-electron chi connectivity index (χ3n) is 15.8. The lowest BCUT2D eigenvalue weighted by atomic mass is 10.0. The molecule has 0 fully saturated rings. The highest BCUT2D eigenvalue weighted by molar-refractivity contribution is 6.06. The van der Waals surface area contributed by atoms with E-state index in [1.165, 1.54) is 0 Å². The van der Waals surface area contributed by atoms with Crippen molar-refractivity contribution in [3.63, 3.8) is 0 Å². The Morgan fingerprint density at radius 1 is 0.211 bits per heavy atom. The van der Waals surface area contributed by atoms with Gasteiger partial charge < -0.3 is 37.9 Å². The standard InChI is InChI=1S/C76H64N6O8/c1-2-36-84-38-40-86-42-44-88-46-48-90-64-27-17-52(18-28-64)66-30-20-54-10-12-56-22-32-68(80-74(56)72(54)78-66)60-6-4-8-62(50-60)70-34-24-58-14-13-57-23-33-69(81-75(57)76(58)82-70)61-7-3-5-59(49-61)67-31-21-55-11-9-53-19-29-65(77-71(53)73(55)79-67)51-15-25-63(26-16-51)89-47-45-87-43-41-85-39-37-83-35-1/h1-34,49-50H,35-48H2. The molecule has 446 valence electrons. The zero-order valence-corrected chi connectivity index (χ0v) is 49.6. The summed E-state index contributed by atoms with van der Waals surface area (Å²) in [6.07, 6.45) is 3.87. The van der Waals surface area contributed by atoms with E-state index in [1.807, 2.05) is 60.7 Å². The first kappa shape index (κ1) is 57.8. The molecule has 0 amide bonds. The summed E-state index contributed by atoms with van der Waals surface area (Å²) in [7, 11) is 0. The minimum atomic E-state index is 0.416. The van der Waals surface area contributed by atoms with Crippen molar-refractivity contribution in [1.29, 1.82) is 0 Å². The Bertz CT molecular complexity index is 4420. The summed E-state index contributed by atoms with van der Waals surface area (Å²) in [4.78, 5) is 31.7. The van der Waals surface area contributed by atoms with Crippen LogP contribution >= 0.6 is 0 Å². The summed E-state index contributed by atoms with van der Waals surface area (Å²) in [5, 5.41) is 6.06. The highest BCUT2D eigenvalue weighted by Crippen LogP contribution is 2.35. The quantitative estimate of drug-likeness (QED) is 0.105. The van der Waals surface area contributed by atoms with E-state index in [0.717, 1.165) is 144 Å². The fourth-order valence-electron chi connectivity index (χ4n) is 11.1. The molecule has 0 spiro atoms. The third kappa shape index (κ3) is 13.4. The Kier molecular flexibility index (Phi) is 17.8. The second kappa shape index (κ2) is 27.6. The maximum absolute atomic E-state index is 6.00. The lowest BCUT2D eigenvalue weighted by Gasteiger charge is -2.11. The van der Waals surface area contributed by atoms with Crippen LogP contribution in [0.5, 0.6) is 11.5 Å². The monoisotopic (exact) mass is 1190 g/mol. The van der Waals surface area contributed by atoms with Crippen molar-refractivity contribution in [2.45, 2.75) is 0 Å². The number of hydrogen-bond donors (Lipinski definition) is 0. The van der Waals surface area contributed by atoms with Crippen molar-refractivity contribution in [2.75, 3.05) is 92.5 Å². The Labute approximate surface area is 520 Å². The van der Waals surface area contributed by atoms with E-state index in [-0.39, 0.29) is 0 Å². The molecule has 17 rings (SSSR count). The minimum absolute atomic E-state index is 0.416. The van der Waals surface area contributed by atoms with Gasteiger partial charge in [0.2, 0.25) is 0 Å². The maximum atomic E-state index is 6.00. The molecule has 0 aliphatic carbocycles. The van der Waals surface area contributed by atoms with Gasteiger partial charge in [-0.1, -0.05) is 121 Å². The molecule has 0 radical (unpaired) electrons. The van der Waals surface area contributed by atoms with Crippen molar-refractivity contribution in [2.24, 2.45) is 0 Å². The molecule has 10 heterocycles. The molecule has 90 heavy (non-hydrogen) atoms. The van der Waals surface area contributed by atoms with Gasteiger partial charge >= 0.3 is 0 Å². The zero-order chi connectivity index (χ0) is 60.3. The van der Waals surface area contributed by atoms with Crippen LogP contribution in [-0.2, 0) is 28.4 Å². The van der Waals surface area contributed by atoms with Gasteiger partial charge in [-0.2, -0.15) is 0 Å². The van der Waals surface area contributed by atoms with E-state index < -0.39 is 0 Å². The molecular weight excluding hydrogens is 1120 g/mol. The second-order valence-electron chi connectivity index (χ2n) is 21.8. The highest BCUT2D eigenvalue weighted by atomic mass is 16.6. The molecule has 14 nitrogen and oxygen atoms in total. The van der Waals surface area contributed by atoms with Crippen molar-refractivity contribution >= 4 is 65.4 Å². The highest BCUT2D eigenvalue weighted by Gasteiger charge is 2.15. The molecule has 0 N–H and O–H groups in total. The van der Waals surface area contributed by atoms with Gasteiger partial charge in [-0.25, -0.2) is 29.9 Å². The summed E-state index contributed by atoms with van der Waals surface area (Å²) >= 11 is 0. The maximum Gasteiger partial charge on any atom is 0.119 e. The average Bonchev–Trinajstić information content (AvgIpc) is 1.00. The molecule has 0 atom stereocenters. The second-order valence-corrected chi connectivity index (χ2v) is 21.8. The first-order valence-corrected chi connectivity index (χ1v) is 30.5. The third-order valence-corrected chi connectivity index (χ3v) is 15.8. The molecule has 4 aliphatic rings. The number of ether oxygens (including phenoxy) is 8. The van der Waals surface area contributed by atoms with Crippen molar-refractivity contribution in [1.82, 2.24) is 29.9 Å². The summed E-state index contributed by atoms with van der Waals surface area (Å²) < 4.78 is 46.1. The Hall–Kier alpha value is -9.90. The number of rotatable bonds is 0. The van der Waals surface area contributed by atoms with Crippen LogP contribution < -0.4 is 9.47 Å². The number of benzene rings is 7. The fourth-order valence-corrected chi connectivity index (χ4v) is 11.1. The predicted octanol–water partition coefficient (Wildman–Crippen LogP) is 15.4. The van der Waals surface area contributed by atoms with Crippen LogP contribution in [0.1, 0.15) is 0 Å². The summed E-state index contributed by atoms with van der Waals surface area (Å²) in [6, 6.07) is 70.7. The Morgan fingerprint density at radius 3 is 0.722 bits per heavy atom. The van der Waals surface area contributed by atoms with Crippen LogP contribution in [0.2, 0.25) is 0 Å². The SMILES string of the molecule is C1=CCOCCOCCOCCOc2ccc(cc2)-c2ccc3ccc4ccc(nc4c3n2)-c2cccc(c2)-c2ccc3ccc4ccc(nc4c3n2)-c2cccc(c2)-c2ccc3ccc4ccc(nc4c3n2)-c2ccc(cc2)OCCOCCOCCOC1. The van der Waals surface area contributed by atoms with Crippen LogP contribution in [0, 0.1) is 0 Å². The van der Waals surface area contributed by atoms with Crippen LogP contribution in [0.4, 0.5) is 0 Å². The molecule has 14 heteroatoms. The van der Waals surface area contributed by atoms with Crippen molar-refractivity contribution < 1.29 is 37.9 Å². The topological polar surface area (TPSA) is 151 Å². The summed E-state index contributed by atoms with van der Waals surface area (Å²) in [5.41, 5.74) is 15.9. The van der Waals surface area contributed by atoms with E-state index in [1.54, 1.807) is 0 Å². The molecule has 4 aliphatic heterocycles. The van der Waals surface area contributed by atoms with Gasteiger partial charge in [0.05, 0.1) is 147 Å². The number of nitrogens with zero attached hydrogens (tertiary/aromatic N) is 6. The summed E-state index contributed by atoms with van der Waals surface area (Å²) in [5.74, 6) is 1.51. The first-order chi connectivity index (χ1) is 44.6. The van der Waals surface area contributed by atoms with Gasteiger partial charge in [0.15, 0.2) is 0 Å². The van der Waals surface area contributed by atoms with E-state index in [2.05, 4.69) is 158 Å². The lowest BCUT2D eigenvalue weighted by Crippen LogP contribution is -2.13. The molecule has 0 saturated heterocycles. The molecule has 0 saturated carbocycles. The van der Waals surface area contributed by atoms with Gasteiger partial charge in [-0.3, -0.25) is 0 Å². The van der Waals surface area contributed by atoms with Gasteiger partial charge in [0.25, 0.3) is 0 Å². The zero-order valence-electron chi connectivity index (χ0n) is 49.6. The lowest BCUT2D eigenvalue weighted by molar-refractivity contribution is 0.0123. The minimum Gasteiger partial charge on any atom is -0.491 e. The Balaban J connectivity index is 0.722. The number of pyridine rings is 6. The van der Waals surface area contributed by atoms with E-state index in [4.69, 9.17) is 67.8 Å². The van der Waals surface area contributed by atoms with Crippen molar-refractivity contribution in [3.8, 4) is 79.0 Å². The van der Waals surface area contributed by atoms with E-state index in [0.29, 0.717) is 92.5 Å². The van der Waals surface area contributed by atoms with Gasteiger partial charge in [0.1, 0.15) is 24.7 Å². The number of aromatic nitrogens is 6. The van der Waals surface area contributed by atoms with Gasteiger partial charge in [0, 0.05) is 65.7 Å². The van der Waals surface area contributed by atoms with E-state index >= 15 is 0 Å². The largest absolute Gasteiger partial charge is 0.491 e. The average molecular weight is 1190 g/mol. The number of hydrogen-bond acceptors (Lipinski definition) is 14. The molecular formula is C76H64N6O8. The van der Waals surface area contributed by atoms with Crippen LogP contribution in [-0.4, -0.2) is 122 Å². The normalized spacial score (nSPS) is 14.8. The predicted molar refractivity (Wildman–Crippen MR) is 356 cm³/mol. The smallest absolute Gasteiger partial charge is 0.119 e. The fraction of sp³-hybridized carbons (Fsp3) is 0.184.